The maximum absolute atomic E-state index is 12.2. The molecule has 2 aliphatic heterocycles. The molecular weight excluding hydrogens is 379 g/mol. The minimum Gasteiger partial charge on any atom is -0.340 e. The highest BCUT2D eigenvalue weighted by atomic mass is 35.5. The van der Waals surface area contributed by atoms with Crippen molar-refractivity contribution in [2.75, 3.05) is 58.9 Å². The molecule has 1 N–H and O–H groups in total. The molecule has 0 spiro atoms. The van der Waals surface area contributed by atoms with Gasteiger partial charge in [0, 0.05) is 65.3 Å². The number of carbonyl (C=O) groups excluding carboxylic acids is 1. The molecule has 1 aromatic rings. The summed E-state index contributed by atoms with van der Waals surface area (Å²) in [5, 5.41) is 7.15. The van der Waals surface area contributed by atoms with Gasteiger partial charge in [-0.25, -0.2) is 0 Å². The summed E-state index contributed by atoms with van der Waals surface area (Å²) >= 11 is 0. The maximum Gasteiger partial charge on any atom is 0.243 e. The van der Waals surface area contributed by atoms with E-state index in [1.807, 2.05) is 11.8 Å². The van der Waals surface area contributed by atoms with Crippen LogP contribution in [0.25, 0.3) is 0 Å². The molecule has 0 bridgehead atoms. The van der Waals surface area contributed by atoms with Gasteiger partial charge in [-0.05, 0) is 13.8 Å². The summed E-state index contributed by atoms with van der Waals surface area (Å²) in [7, 11) is 0. The largest absolute Gasteiger partial charge is 0.340 e. The smallest absolute Gasteiger partial charge is 0.243 e. The molecule has 150 valence electrons. The molecular formula is C16H30Cl2N6O2. The Hall–Kier alpha value is -0.930. The number of rotatable bonds is 5. The van der Waals surface area contributed by atoms with Crippen LogP contribution in [0, 0.1) is 6.92 Å². The van der Waals surface area contributed by atoms with Crippen LogP contribution in [-0.2, 0) is 4.79 Å². The van der Waals surface area contributed by atoms with Crippen molar-refractivity contribution in [1.29, 1.82) is 0 Å². The Balaban J connectivity index is 0.00000169. The Morgan fingerprint density at radius 3 is 2.38 bits per heavy atom. The second-order valence-electron chi connectivity index (χ2n) is 6.61. The normalized spacial score (nSPS) is 20.2. The number of nitrogens with zero attached hydrogens (tertiary/aromatic N) is 5. The van der Waals surface area contributed by atoms with E-state index in [-0.39, 0.29) is 36.8 Å². The highest BCUT2D eigenvalue weighted by molar-refractivity contribution is 5.85. The van der Waals surface area contributed by atoms with Crippen LogP contribution in [0.15, 0.2) is 4.52 Å². The molecule has 0 radical (unpaired) electrons. The first-order valence-electron chi connectivity index (χ1n) is 8.88. The predicted octanol–water partition coefficient (Wildman–Crippen LogP) is 0.722. The molecule has 10 heteroatoms. The Morgan fingerprint density at radius 2 is 1.81 bits per heavy atom. The van der Waals surface area contributed by atoms with Gasteiger partial charge in [0.25, 0.3) is 0 Å². The van der Waals surface area contributed by atoms with Crippen LogP contribution >= 0.6 is 24.8 Å². The van der Waals surface area contributed by atoms with Crippen molar-refractivity contribution in [3.05, 3.63) is 11.7 Å². The van der Waals surface area contributed by atoms with Crippen molar-refractivity contribution in [3.8, 4) is 0 Å². The molecule has 0 saturated carbocycles. The molecule has 2 aliphatic rings. The summed E-state index contributed by atoms with van der Waals surface area (Å²) in [6.07, 6.45) is 0.623. The first kappa shape index (κ1) is 23.1. The summed E-state index contributed by atoms with van der Waals surface area (Å²) in [4.78, 5) is 23.3. The van der Waals surface area contributed by atoms with Gasteiger partial charge in [0.1, 0.15) is 0 Å². The first-order valence-corrected chi connectivity index (χ1v) is 8.88. The van der Waals surface area contributed by atoms with Crippen molar-refractivity contribution in [3.63, 3.8) is 0 Å². The molecule has 1 aromatic heterocycles. The number of aromatic nitrogens is 2. The highest BCUT2D eigenvalue weighted by Gasteiger charge is 2.26. The van der Waals surface area contributed by atoms with Crippen LogP contribution < -0.4 is 5.32 Å². The van der Waals surface area contributed by atoms with Gasteiger partial charge in [-0.2, -0.15) is 4.98 Å². The third-order valence-corrected chi connectivity index (χ3v) is 4.97. The molecule has 26 heavy (non-hydrogen) atoms. The SMILES string of the molecule is Cc1noc(C(C)N2CCN(CCC(=O)N3CCNCC3)CC2)n1.Cl.Cl. The minimum absolute atomic E-state index is 0. The van der Waals surface area contributed by atoms with E-state index in [1.54, 1.807) is 0 Å². The van der Waals surface area contributed by atoms with Crippen molar-refractivity contribution < 1.29 is 9.32 Å². The van der Waals surface area contributed by atoms with Crippen molar-refractivity contribution in [2.45, 2.75) is 26.3 Å². The molecule has 8 nitrogen and oxygen atoms in total. The number of nitrogens with one attached hydrogen (secondary N) is 1. The van der Waals surface area contributed by atoms with E-state index in [0.29, 0.717) is 18.1 Å². The fourth-order valence-corrected chi connectivity index (χ4v) is 3.34. The quantitative estimate of drug-likeness (QED) is 0.768. The van der Waals surface area contributed by atoms with E-state index >= 15 is 0 Å². The number of hydrogen-bond donors (Lipinski definition) is 1. The van der Waals surface area contributed by atoms with Crippen molar-refractivity contribution in [1.82, 2.24) is 30.2 Å². The maximum atomic E-state index is 12.2. The fraction of sp³-hybridized carbons (Fsp3) is 0.812. The average molecular weight is 409 g/mol. The van der Waals surface area contributed by atoms with E-state index < -0.39 is 0 Å². The molecule has 3 rings (SSSR count). The molecule has 2 fully saturated rings. The summed E-state index contributed by atoms with van der Waals surface area (Å²) in [5.74, 6) is 1.66. The van der Waals surface area contributed by atoms with Crippen molar-refractivity contribution >= 4 is 30.7 Å². The molecule has 0 aromatic carbocycles. The van der Waals surface area contributed by atoms with Gasteiger partial charge < -0.3 is 19.6 Å². The van der Waals surface area contributed by atoms with E-state index in [2.05, 4.69) is 32.2 Å². The van der Waals surface area contributed by atoms with Gasteiger partial charge in [0.2, 0.25) is 11.8 Å². The average Bonchev–Trinajstić information content (AvgIpc) is 3.06. The first-order chi connectivity index (χ1) is 11.6. The molecule has 1 unspecified atom stereocenters. The summed E-state index contributed by atoms with van der Waals surface area (Å²) in [5.41, 5.74) is 0. The van der Waals surface area contributed by atoms with E-state index in [1.165, 1.54) is 0 Å². The zero-order valence-corrected chi connectivity index (χ0v) is 17.2. The van der Waals surface area contributed by atoms with Gasteiger partial charge >= 0.3 is 0 Å². The molecule has 0 aliphatic carbocycles. The molecule has 1 atom stereocenters. The number of amides is 1. The summed E-state index contributed by atoms with van der Waals surface area (Å²) in [6, 6.07) is 0.149. The number of carbonyl (C=O) groups is 1. The van der Waals surface area contributed by atoms with Gasteiger partial charge in [-0.1, -0.05) is 5.16 Å². The fourth-order valence-electron chi connectivity index (χ4n) is 3.34. The van der Waals surface area contributed by atoms with Gasteiger partial charge in [-0.3, -0.25) is 9.69 Å². The topological polar surface area (TPSA) is 77.7 Å². The van der Waals surface area contributed by atoms with Gasteiger partial charge in [0.15, 0.2) is 5.82 Å². The lowest BCUT2D eigenvalue weighted by atomic mass is 10.2. The van der Waals surface area contributed by atoms with E-state index in [4.69, 9.17) is 4.52 Å². The zero-order chi connectivity index (χ0) is 16.9. The van der Waals surface area contributed by atoms with Gasteiger partial charge in [0.05, 0.1) is 6.04 Å². The number of halogens is 2. The van der Waals surface area contributed by atoms with Crippen LogP contribution in [0.5, 0.6) is 0 Å². The Bertz CT molecular complexity index is 545. The number of aryl methyl sites for hydroxylation is 1. The zero-order valence-electron chi connectivity index (χ0n) is 15.5. The number of hydrogen-bond acceptors (Lipinski definition) is 7. The monoisotopic (exact) mass is 408 g/mol. The van der Waals surface area contributed by atoms with Crippen molar-refractivity contribution in [2.24, 2.45) is 0 Å². The second kappa shape index (κ2) is 11.0. The lowest BCUT2D eigenvalue weighted by molar-refractivity contribution is -0.132. The minimum atomic E-state index is 0. The van der Waals surface area contributed by atoms with Crippen LogP contribution in [0.1, 0.15) is 31.1 Å². The van der Waals surface area contributed by atoms with Crippen LogP contribution in [0.3, 0.4) is 0 Å². The molecule has 3 heterocycles. The molecule has 2 saturated heterocycles. The lowest BCUT2D eigenvalue weighted by Gasteiger charge is -2.37. The Labute approximate surface area is 167 Å². The van der Waals surface area contributed by atoms with Gasteiger partial charge in [-0.15, -0.1) is 24.8 Å². The summed E-state index contributed by atoms with van der Waals surface area (Å²) in [6.45, 7) is 12.2. The predicted molar refractivity (Wildman–Crippen MR) is 104 cm³/mol. The third kappa shape index (κ3) is 6.06. The lowest BCUT2D eigenvalue weighted by Crippen LogP contribution is -2.49. The van der Waals surface area contributed by atoms with E-state index in [9.17, 15) is 4.79 Å². The second-order valence-corrected chi connectivity index (χ2v) is 6.61. The highest BCUT2D eigenvalue weighted by Crippen LogP contribution is 2.20. The van der Waals surface area contributed by atoms with Crippen LogP contribution in [0.4, 0.5) is 0 Å². The van der Waals surface area contributed by atoms with Crippen LogP contribution in [-0.4, -0.2) is 89.7 Å². The molecule has 1 amide bonds. The standard InChI is InChI=1S/C16H28N6O2.2ClH/c1-13(16-18-14(2)19-24-16)21-11-9-20(10-12-21)6-3-15(23)22-7-4-17-5-8-22;;/h13,17H,3-12H2,1-2H3;2*1H. The van der Waals surface area contributed by atoms with Crippen LogP contribution in [0.2, 0.25) is 0 Å². The Morgan fingerprint density at radius 1 is 1.15 bits per heavy atom. The third-order valence-electron chi connectivity index (χ3n) is 4.97. The summed E-state index contributed by atoms with van der Waals surface area (Å²) < 4.78 is 5.28. The Kier molecular flexibility index (Phi) is 9.81. The van der Waals surface area contributed by atoms with E-state index in [0.717, 1.165) is 58.9 Å². The number of piperazine rings is 2.